The van der Waals surface area contributed by atoms with Crippen molar-refractivity contribution in [3.05, 3.63) is 105 Å². The predicted molar refractivity (Wildman–Crippen MR) is 151 cm³/mol. The number of likely N-dealkylation sites (tertiary alicyclic amines) is 1. The van der Waals surface area contributed by atoms with Gasteiger partial charge in [0.1, 0.15) is 11.4 Å². The number of nitrogens with zero attached hydrogens (tertiary/aromatic N) is 1. The van der Waals surface area contributed by atoms with E-state index < -0.39 is 5.41 Å². The van der Waals surface area contributed by atoms with Gasteiger partial charge in [-0.25, -0.2) is 0 Å². The number of aromatic amines is 2. The van der Waals surface area contributed by atoms with Crippen LogP contribution in [0, 0.1) is 6.92 Å². The highest BCUT2D eigenvalue weighted by molar-refractivity contribution is 7.12. The molecule has 3 aliphatic rings. The Morgan fingerprint density at radius 2 is 1.77 bits per heavy atom. The Kier molecular flexibility index (Phi) is 4.18. The first-order chi connectivity index (χ1) is 18.8. The van der Waals surface area contributed by atoms with E-state index in [1.165, 1.54) is 11.3 Å². The van der Waals surface area contributed by atoms with Crippen molar-refractivity contribution < 1.29 is 14.4 Å². The SMILES string of the molecule is Cc1csc2c1[C@]13C=C1CN(C(=O)c1cc4cc(NC(=O)c5cc6cc(N)ccc6[nH]5)ccc4[nH]1)C3=CC2=O. The number of hydrogen-bond donors (Lipinski definition) is 4. The van der Waals surface area contributed by atoms with Crippen LogP contribution in [0.3, 0.4) is 0 Å². The summed E-state index contributed by atoms with van der Waals surface area (Å²) in [7, 11) is 0. The second kappa shape index (κ2) is 7.36. The molecule has 2 aliphatic carbocycles. The minimum absolute atomic E-state index is 0.0430. The normalized spacial score (nSPS) is 19.0. The Morgan fingerprint density at radius 1 is 1.03 bits per heavy atom. The van der Waals surface area contributed by atoms with E-state index in [2.05, 4.69) is 21.4 Å². The molecule has 0 radical (unpaired) electrons. The van der Waals surface area contributed by atoms with E-state index in [0.29, 0.717) is 29.3 Å². The van der Waals surface area contributed by atoms with Crippen LogP contribution in [0.1, 0.15) is 41.8 Å². The topological polar surface area (TPSA) is 124 Å². The first-order valence-corrected chi connectivity index (χ1v) is 13.4. The molecule has 9 heteroatoms. The molecule has 0 bridgehead atoms. The highest BCUT2D eigenvalue weighted by atomic mass is 32.1. The van der Waals surface area contributed by atoms with Crippen molar-refractivity contribution in [2.24, 2.45) is 0 Å². The molecular formula is C30H21N5O3S. The zero-order valence-electron chi connectivity index (χ0n) is 20.7. The number of anilines is 2. The Balaban J connectivity index is 1.07. The minimum Gasteiger partial charge on any atom is -0.399 e. The van der Waals surface area contributed by atoms with Gasteiger partial charge >= 0.3 is 0 Å². The van der Waals surface area contributed by atoms with Crippen LogP contribution in [0.4, 0.5) is 11.4 Å². The van der Waals surface area contributed by atoms with Crippen LogP contribution in [0.25, 0.3) is 21.8 Å². The number of carbonyl (C=O) groups excluding carboxylic acids is 3. The lowest BCUT2D eigenvalue weighted by Gasteiger charge is -2.27. The summed E-state index contributed by atoms with van der Waals surface area (Å²) in [4.78, 5) is 48.2. The van der Waals surface area contributed by atoms with E-state index in [-0.39, 0.29) is 17.6 Å². The molecular weight excluding hydrogens is 510 g/mol. The van der Waals surface area contributed by atoms with Crippen LogP contribution in [0.15, 0.2) is 77.3 Å². The van der Waals surface area contributed by atoms with Crippen LogP contribution in [-0.2, 0) is 5.41 Å². The number of allylic oxidation sites excluding steroid dienone is 2. The van der Waals surface area contributed by atoms with Crippen LogP contribution >= 0.6 is 11.3 Å². The largest absolute Gasteiger partial charge is 0.399 e. The number of hydrogen-bond acceptors (Lipinski definition) is 5. The van der Waals surface area contributed by atoms with Crippen LogP contribution < -0.4 is 11.1 Å². The minimum atomic E-state index is -0.402. The fraction of sp³-hybridized carbons (Fsp3) is 0.100. The molecule has 1 atom stereocenters. The quantitative estimate of drug-likeness (QED) is 0.187. The summed E-state index contributed by atoms with van der Waals surface area (Å²) >= 11 is 1.47. The lowest BCUT2D eigenvalue weighted by Crippen LogP contribution is -2.33. The van der Waals surface area contributed by atoms with E-state index in [1.807, 2.05) is 36.6 Å². The summed E-state index contributed by atoms with van der Waals surface area (Å²) in [6, 6.07) is 14.4. The van der Waals surface area contributed by atoms with Gasteiger partial charge < -0.3 is 25.9 Å². The van der Waals surface area contributed by atoms with Gasteiger partial charge in [0.15, 0.2) is 5.78 Å². The second-order valence-electron chi connectivity index (χ2n) is 10.4. The lowest BCUT2D eigenvalue weighted by atomic mass is 9.82. The number of benzene rings is 2. The van der Waals surface area contributed by atoms with Crippen molar-refractivity contribution in [1.82, 2.24) is 14.9 Å². The van der Waals surface area contributed by atoms with Crippen LogP contribution in [0.5, 0.6) is 0 Å². The number of amides is 2. The molecule has 3 aromatic heterocycles. The molecule has 1 fully saturated rings. The third-order valence-corrected chi connectivity index (χ3v) is 9.05. The molecule has 1 spiro atoms. The highest BCUT2D eigenvalue weighted by Crippen LogP contribution is 2.62. The third kappa shape index (κ3) is 3.01. The van der Waals surface area contributed by atoms with Crippen molar-refractivity contribution >= 4 is 62.1 Å². The third-order valence-electron chi connectivity index (χ3n) is 7.94. The number of carbonyl (C=O) groups is 3. The molecule has 2 amide bonds. The average Bonchev–Trinajstić information content (AvgIpc) is 3.36. The smallest absolute Gasteiger partial charge is 0.274 e. The van der Waals surface area contributed by atoms with Crippen LogP contribution in [-0.4, -0.2) is 39.0 Å². The molecule has 2 aromatic carbocycles. The maximum atomic E-state index is 13.7. The number of ketones is 1. The molecule has 1 aliphatic heterocycles. The van der Waals surface area contributed by atoms with Crippen molar-refractivity contribution in [3.8, 4) is 0 Å². The summed E-state index contributed by atoms with van der Waals surface area (Å²) in [5.74, 6) is -0.502. The highest BCUT2D eigenvalue weighted by Gasteiger charge is 2.61. The summed E-state index contributed by atoms with van der Waals surface area (Å²) < 4.78 is 0. The molecule has 0 saturated carbocycles. The van der Waals surface area contributed by atoms with Crippen molar-refractivity contribution in [3.63, 3.8) is 0 Å². The monoisotopic (exact) mass is 531 g/mol. The number of nitrogen functional groups attached to an aromatic ring is 1. The van der Waals surface area contributed by atoms with Gasteiger partial charge in [-0.3, -0.25) is 14.4 Å². The van der Waals surface area contributed by atoms with Crippen molar-refractivity contribution in [2.45, 2.75) is 12.3 Å². The standard InChI is InChI=1S/C30H21N5O3S/c1-14-13-39-27-24(36)10-25-30(26(14)27)11-17(30)12-35(25)29(38)23-9-16-7-19(3-5-21(16)34-23)32-28(37)22-8-15-6-18(31)2-4-20(15)33-22/h2-11,13,33-34H,12,31H2,1H3,(H,32,37)/t30-/m1/s1. The van der Waals surface area contributed by atoms with Gasteiger partial charge in [0, 0.05) is 51.5 Å². The summed E-state index contributed by atoms with van der Waals surface area (Å²) in [5.41, 5.74) is 13.2. The van der Waals surface area contributed by atoms with Gasteiger partial charge in [0.25, 0.3) is 11.8 Å². The number of rotatable bonds is 3. The number of H-pyrrole nitrogens is 2. The fourth-order valence-corrected chi connectivity index (χ4v) is 7.11. The van der Waals surface area contributed by atoms with E-state index in [1.54, 1.807) is 35.2 Å². The number of nitrogens with one attached hydrogen (secondary N) is 3. The number of nitrogens with two attached hydrogens (primary N) is 1. The number of aromatic nitrogens is 2. The Bertz CT molecular complexity index is 2020. The summed E-state index contributed by atoms with van der Waals surface area (Å²) in [5, 5.41) is 6.60. The summed E-state index contributed by atoms with van der Waals surface area (Å²) in [6.45, 7) is 2.50. The van der Waals surface area contributed by atoms with E-state index in [9.17, 15) is 14.4 Å². The Labute approximate surface area is 225 Å². The molecule has 5 N–H and O–H groups in total. The predicted octanol–water partition coefficient (Wildman–Crippen LogP) is 5.27. The zero-order valence-corrected chi connectivity index (χ0v) is 21.5. The maximum absolute atomic E-state index is 13.7. The molecule has 5 aromatic rings. The van der Waals surface area contributed by atoms with Crippen molar-refractivity contribution in [1.29, 1.82) is 0 Å². The fourth-order valence-electron chi connectivity index (χ4n) is 6.08. The van der Waals surface area contributed by atoms with Crippen molar-refractivity contribution in [2.75, 3.05) is 17.6 Å². The molecule has 1 saturated heterocycles. The average molecular weight is 532 g/mol. The van der Waals surface area contributed by atoms with Gasteiger partial charge in [-0.2, -0.15) is 0 Å². The van der Waals surface area contributed by atoms with Gasteiger partial charge in [0.05, 0.1) is 10.3 Å². The Hall–Kier alpha value is -4.89. The molecule has 39 heavy (non-hydrogen) atoms. The molecule has 190 valence electrons. The zero-order chi connectivity index (χ0) is 26.6. The first-order valence-electron chi connectivity index (χ1n) is 12.5. The second-order valence-corrected chi connectivity index (χ2v) is 11.2. The maximum Gasteiger partial charge on any atom is 0.274 e. The summed E-state index contributed by atoms with van der Waals surface area (Å²) in [6.07, 6.45) is 3.80. The van der Waals surface area contributed by atoms with Crippen LogP contribution in [0.2, 0.25) is 0 Å². The number of thiophene rings is 1. The molecule has 4 heterocycles. The van der Waals surface area contributed by atoms with Gasteiger partial charge in [0.2, 0.25) is 0 Å². The lowest BCUT2D eigenvalue weighted by molar-refractivity contribution is 0.0818. The van der Waals surface area contributed by atoms with E-state index in [0.717, 1.165) is 49.1 Å². The number of fused-ring (bicyclic) bond motifs is 3. The van der Waals surface area contributed by atoms with Gasteiger partial charge in [-0.05, 0) is 77.5 Å². The molecule has 8 nitrogen and oxygen atoms in total. The van der Waals surface area contributed by atoms with E-state index >= 15 is 0 Å². The Morgan fingerprint density at radius 3 is 2.62 bits per heavy atom. The van der Waals surface area contributed by atoms with E-state index in [4.69, 9.17) is 5.73 Å². The van der Waals surface area contributed by atoms with Gasteiger partial charge in [-0.1, -0.05) is 6.08 Å². The molecule has 8 rings (SSSR count). The number of aryl methyl sites for hydroxylation is 1. The molecule has 0 unspecified atom stereocenters. The first kappa shape index (κ1) is 22.1. The van der Waals surface area contributed by atoms with Gasteiger partial charge in [-0.15, -0.1) is 11.3 Å².